The van der Waals surface area contributed by atoms with Crippen LogP contribution in [-0.4, -0.2) is 20.1 Å². The van der Waals surface area contributed by atoms with Gasteiger partial charge in [0.05, 0.1) is 38.3 Å². The molecule has 0 aliphatic heterocycles. The highest BCUT2D eigenvalue weighted by atomic mass is 16.5. The Morgan fingerprint density at radius 2 is 2.15 bits per heavy atom. The molecule has 1 aromatic heterocycles. The van der Waals surface area contributed by atoms with Crippen LogP contribution >= 0.6 is 0 Å². The number of carbonyl (C=O) groups excluding carboxylic acids is 1. The molecular weight excluding hydrogens is 260 g/mol. The summed E-state index contributed by atoms with van der Waals surface area (Å²) in [6.45, 7) is 0.283. The van der Waals surface area contributed by atoms with E-state index in [2.05, 4.69) is 5.32 Å². The Bertz CT molecular complexity index is 593. The van der Waals surface area contributed by atoms with Crippen molar-refractivity contribution in [3.05, 3.63) is 41.9 Å². The van der Waals surface area contributed by atoms with Crippen LogP contribution in [0.5, 0.6) is 11.5 Å². The molecule has 3 N–H and O–H groups in total. The Balaban J connectivity index is 2.20. The molecule has 20 heavy (non-hydrogen) atoms. The molecule has 0 saturated heterocycles. The van der Waals surface area contributed by atoms with E-state index in [0.29, 0.717) is 22.8 Å². The van der Waals surface area contributed by atoms with Crippen LogP contribution in [0.15, 0.2) is 34.9 Å². The lowest BCUT2D eigenvalue weighted by atomic mass is 10.1. The second-order valence-corrected chi connectivity index (χ2v) is 4.05. The first-order valence-electron chi connectivity index (χ1n) is 5.97. The van der Waals surface area contributed by atoms with Crippen LogP contribution in [0.3, 0.4) is 0 Å². The van der Waals surface area contributed by atoms with E-state index < -0.39 is 0 Å². The molecule has 6 heteroatoms. The summed E-state index contributed by atoms with van der Waals surface area (Å²) in [7, 11) is 2.99. The third-order valence-corrected chi connectivity index (χ3v) is 2.82. The van der Waals surface area contributed by atoms with Gasteiger partial charge in [-0.15, -0.1) is 0 Å². The van der Waals surface area contributed by atoms with Gasteiger partial charge in [-0.1, -0.05) is 0 Å². The number of methoxy groups -OCH3 is 2. The summed E-state index contributed by atoms with van der Waals surface area (Å²) in [6.07, 6.45) is 1.55. The van der Waals surface area contributed by atoms with E-state index in [4.69, 9.17) is 19.6 Å². The summed E-state index contributed by atoms with van der Waals surface area (Å²) in [6, 6.07) is 6.72. The van der Waals surface area contributed by atoms with Crippen molar-refractivity contribution in [1.29, 1.82) is 0 Å². The van der Waals surface area contributed by atoms with E-state index >= 15 is 0 Å². The Morgan fingerprint density at radius 3 is 2.75 bits per heavy atom. The molecule has 0 bridgehead atoms. The molecule has 0 fully saturated rings. The number of anilines is 1. The van der Waals surface area contributed by atoms with Gasteiger partial charge < -0.3 is 24.9 Å². The summed E-state index contributed by atoms with van der Waals surface area (Å²) in [5.74, 6) is 1.23. The minimum atomic E-state index is -0.323. The standard InChI is InChI=1S/C14H16N2O4/c1-18-10-6-11(13(15)12(7-10)19-2)14(17)16-8-9-4-3-5-20-9/h3-7H,8,15H2,1-2H3,(H,16,17). The van der Waals surface area contributed by atoms with Crippen molar-refractivity contribution in [2.24, 2.45) is 0 Å². The van der Waals surface area contributed by atoms with Gasteiger partial charge in [-0.05, 0) is 18.2 Å². The topological polar surface area (TPSA) is 86.7 Å². The molecule has 0 unspecified atom stereocenters. The van der Waals surface area contributed by atoms with E-state index in [1.807, 2.05) is 0 Å². The quantitative estimate of drug-likeness (QED) is 0.813. The number of hydrogen-bond donors (Lipinski definition) is 2. The normalized spacial score (nSPS) is 10.1. The van der Waals surface area contributed by atoms with Gasteiger partial charge in [0, 0.05) is 6.07 Å². The van der Waals surface area contributed by atoms with Crippen LogP contribution in [0.4, 0.5) is 5.69 Å². The van der Waals surface area contributed by atoms with Crippen molar-refractivity contribution in [1.82, 2.24) is 5.32 Å². The van der Waals surface area contributed by atoms with Crippen molar-refractivity contribution in [2.75, 3.05) is 20.0 Å². The third kappa shape index (κ3) is 2.85. The largest absolute Gasteiger partial charge is 0.497 e. The number of rotatable bonds is 5. The third-order valence-electron chi connectivity index (χ3n) is 2.82. The van der Waals surface area contributed by atoms with Crippen LogP contribution < -0.4 is 20.5 Å². The second-order valence-electron chi connectivity index (χ2n) is 4.05. The average molecular weight is 276 g/mol. The second kappa shape index (κ2) is 6.01. The molecule has 2 rings (SSSR count). The van der Waals surface area contributed by atoms with Gasteiger partial charge in [0.15, 0.2) is 0 Å². The van der Waals surface area contributed by atoms with E-state index in [1.165, 1.54) is 14.2 Å². The van der Waals surface area contributed by atoms with Gasteiger partial charge >= 0.3 is 0 Å². The highest BCUT2D eigenvalue weighted by molar-refractivity contribution is 6.00. The fourth-order valence-corrected chi connectivity index (χ4v) is 1.75. The van der Waals surface area contributed by atoms with Gasteiger partial charge in [-0.25, -0.2) is 0 Å². The predicted octanol–water partition coefficient (Wildman–Crippen LogP) is 1.81. The lowest BCUT2D eigenvalue weighted by Gasteiger charge is -2.12. The fourth-order valence-electron chi connectivity index (χ4n) is 1.75. The van der Waals surface area contributed by atoms with Gasteiger partial charge in [0.25, 0.3) is 5.91 Å². The molecule has 0 saturated carbocycles. The number of ether oxygens (including phenoxy) is 2. The Morgan fingerprint density at radius 1 is 1.35 bits per heavy atom. The van der Waals surface area contributed by atoms with Crippen LogP contribution in [0, 0.1) is 0 Å². The lowest BCUT2D eigenvalue weighted by Crippen LogP contribution is -2.23. The number of nitrogens with one attached hydrogen (secondary N) is 1. The molecule has 0 atom stereocenters. The van der Waals surface area contributed by atoms with E-state index in [9.17, 15) is 4.79 Å². The zero-order valence-electron chi connectivity index (χ0n) is 11.3. The number of amides is 1. The average Bonchev–Trinajstić information content (AvgIpc) is 2.98. The Kier molecular flexibility index (Phi) is 4.14. The van der Waals surface area contributed by atoms with Crippen LogP contribution in [0.1, 0.15) is 16.1 Å². The Hall–Kier alpha value is -2.63. The van der Waals surface area contributed by atoms with Gasteiger partial charge in [-0.2, -0.15) is 0 Å². The molecular formula is C14H16N2O4. The molecule has 0 radical (unpaired) electrons. The van der Waals surface area contributed by atoms with Gasteiger partial charge in [0.2, 0.25) is 0 Å². The van der Waals surface area contributed by atoms with Crippen molar-refractivity contribution < 1.29 is 18.7 Å². The van der Waals surface area contributed by atoms with Gasteiger partial charge in [0.1, 0.15) is 17.3 Å². The van der Waals surface area contributed by atoms with Crippen LogP contribution in [-0.2, 0) is 6.54 Å². The van der Waals surface area contributed by atoms with E-state index in [0.717, 1.165) is 0 Å². The number of hydrogen-bond acceptors (Lipinski definition) is 5. The van der Waals surface area contributed by atoms with Crippen LogP contribution in [0.25, 0.3) is 0 Å². The number of nitrogens with two attached hydrogens (primary N) is 1. The lowest BCUT2D eigenvalue weighted by molar-refractivity contribution is 0.0948. The highest BCUT2D eigenvalue weighted by Gasteiger charge is 2.16. The summed E-state index contributed by atoms with van der Waals surface area (Å²) in [4.78, 5) is 12.2. The minimum absolute atomic E-state index is 0.269. The molecule has 0 aliphatic carbocycles. The molecule has 1 heterocycles. The number of furan rings is 1. The first kappa shape index (κ1) is 13.8. The first-order valence-corrected chi connectivity index (χ1v) is 5.97. The molecule has 106 valence electrons. The maximum absolute atomic E-state index is 12.2. The van der Waals surface area contributed by atoms with Crippen molar-refractivity contribution in [2.45, 2.75) is 6.54 Å². The number of nitrogen functional groups attached to an aromatic ring is 1. The molecule has 0 aliphatic rings. The molecule has 1 amide bonds. The maximum Gasteiger partial charge on any atom is 0.254 e. The fraction of sp³-hybridized carbons (Fsp3) is 0.214. The number of benzene rings is 1. The summed E-state index contributed by atoms with van der Waals surface area (Å²) >= 11 is 0. The Labute approximate surface area is 116 Å². The van der Waals surface area contributed by atoms with Crippen molar-refractivity contribution in [3.63, 3.8) is 0 Å². The number of carbonyl (C=O) groups is 1. The van der Waals surface area contributed by atoms with Crippen molar-refractivity contribution in [3.8, 4) is 11.5 Å². The summed E-state index contributed by atoms with van der Waals surface area (Å²) < 4.78 is 15.4. The zero-order chi connectivity index (χ0) is 14.5. The SMILES string of the molecule is COc1cc(OC)c(N)c(C(=O)NCc2ccco2)c1. The summed E-state index contributed by atoms with van der Waals surface area (Å²) in [5.41, 5.74) is 6.47. The van der Waals surface area contributed by atoms with Crippen LogP contribution in [0.2, 0.25) is 0 Å². The zero-order valence-corrected chi connectivity index (χ0v) is 11.3. The smallest absolute Gasteiger partial charge is 0.254 e. The predicted molar refractivity (Wildman–Crippen MR) is 73.8 cm³/mol. The van der Waals surface area contributed by atoms with E-state index in [-0.39, 0.29) is 18.1 Å². The highest BCUT2D eigenvalue weighted by Crippen LogP contribution is 2.30. The van der Waals surface area contributed by atoms with Gasteiger partial charge in [-0.3, -0.25) is 4.79 Å². The molecule has 1 aromatic carbocycles. The summed E-state index contributed by atoms with van der Waals surface area (Å²) in [5, 5.41) is 2.72. The molecule has 2 aromatic rings. The van der Waals surface area contributed by atoms with E-state index in [1.54, 1.807) is 30.5 Å². The maximum atomic E-state index is 12.2. The molecule has 6 nitrogen and oxygen atoms in total. The first-order chi connectivity index (χ1) is 9.65. The van der Waals surface area contributed by atoms with Crippen molar-refractivity contribution >= 4 is 11.6 Å². The minimum Gasteiger partial charge on any atom is -0.497 e. The molecule has 0 spiro atoms. The monoisotopic (exact) mass is 276 g/mol.